The summed E-state index contributed by atoms with van der Waals surface area (Å²) in [7, 11) is 0. The van der Waals surface area contributed by atoms with Crippen LogP contribution in [0.15, 0.2) is 0 Å². The van der Waals surface area contributed by atoms with Crippen LogP contribution in [0.3, 0.4) is 0 Å². The van der Waals surface area contributed by atoms with E-state index in [1.54, 1.807) is 0 Å². The van der Waals surface area contributed by atoms with Gasteiger partial charge in [-0.2, -0.15) is 0 Å². The molecule has 1 atom stereocenters. The molecule has 0 amide bonds. The summed E-state index contributed by atoms with van der Waals surface area (Å²) in [6.07, 6.45) is 13.0. The third kappa shape index (κ3) is 3.00. The Balaban J connectivity index is 1.65. The van der Waals surface area contributed by atoms with Gasteiger partial charge in [0.25, 0.3) is 0 Å². The molecule has 2 nitrogen and oxygen atoms in total. The highest BCUT2D eigenvalue weighted by atomic mass is 15.3. The largest absolute Gasteiger partial charge is 0.308 e. The highest BCUT2D eigenvalue weighted by Gasteiger charge is 2.41. The average molecular weight is 264 g/mol. The lowest BCUT2D eigenvalue weighted by Gasteiger charge is -2.52. The average Bonchev–Trinajstić information content (AvgIpc) is 2.44. The Labute approximate surface area is 119 Å². The number of rotatable bonds is 1. The van der Waals surface area contributed by atoms with Crippen LogP contribution >= 0.6 is 0 Å². The maximum Gasteiger partial charge on any atom is 0.0309 e. The topological polar surface area (TPSA) is 15.3 Å². The molecule has 1 spiro atoms. The van der Waals surface area contributed by atoms with Gasteiger partial charge in [0.1, 0.15) is 0 Å². The molecule has 2 heteroatoms. The first kappa shape index (κ1) is 13.9. The predicted octanol–water partition coefficient (Wildman–Crippen LogP) is 3.56. The van der Waals surface area contributed by atoms with E-state index in [4.69, 9.17) is 0 Å². The Kier molecular flexibility index (Phi) is 4.19. The van der Waals surface area contributed by atoms with Crippen LogP contribution in [0, 0.1) is 5.92 Å². The third-order valence-electron chi connectivity index (χ3n) is 6.09. The molecule has 110 valence electrons. The molecule has 1 unspecified atom stereocenters. The van der Waals surface area contributed by atoms with Crippen molar-refractivity contribution >= 4 is 0 Å². The summed E-state index contributed by atoms with van der Waals surface area (Å²) in [5.74, 6) is 0.970. The van der Waals surface area contributed by atoms with Crippen molar-refractivity contribution in [1.29, 1.82) is 0 Å². The summed E-state index contributed by atoms with van der Waals surface area (Å²) in [5, 5.41) is 3.92. The van der Waals surface area contributed by atoms with Gasteiger partial charge >= 0.3 is 0 Å². The summed E-state index contributed by atoms with van der Waals surface area (Å²) >= 11 is 0. The Hall–Kier alpha value is -0.0800. The second-order valence-corrected chi connectivity index (χ2v) is 7.66. The Morgan fingerprint density at radius 2 is 1.63 bits per heavy atom. The van der Waals surface area contributed by atoms with E-state index in [2.05, 4.69) is 24.1 Å². The van der Waals surface area contributed by atoms with Crippen LogP contribution in [0.5, 0.6) is 0 Å². The molecule has 1 saturated heterocycles. The van der Waals surface area contributed by atoms with Crippen LogP contribution in [0.1, 0.15) is 71.6 Å². The van der Waals surface area contributed by atoms with Gasteiger partial charge in [-0.1, -0.05) is 26.2 Å². The Morgan fingerprint density at radius 1 is 0.947 bits per heavy atom. The van der Waals surface area contributed by atoms with Gasteiger partial charge in [0.15, 0.2) is 0 Å². The molecule has 1 aliphatic heterocycles. The molecular formula is C17H32N2. The van der Waals surface area contributed by atoms with Crippen molar-refractivity contribution in [2.75, 3.05) is 13.1 Å². The van der Waals surface area contributed by atoms with Crippen LogP contribution in [-0.2, 0) is 0 Å². The van der Waals surface area contributed by atoms with E-state index in [9.17, 15) is 0 Å². The first-order valence-electron chi connectivity index (χ1n) is 8.69. The van der Waals surface area contributed by atoms with Gasteiger partial charge in [-0.15, -0.1) is 0 Å². The summed E-state index contributed by atoms with van der Waals surface area (Å²) in [6.45, 7) is 7.40. The number of hydrogen-bond acceptors (Lipinski definition) is 2. The lowest BCUT2D eigenvalue weighted by atomic mass is 9.78. The molecule has 0 bridgehead atoms. The van der Waals surface area contributed by atoms with E-state index in [1.807, 2.05) is 0 Å². The quantitative estimate of drug-likeness (QED) is 0.779. The smallest absolute Gasteiger partial charge is 0.0309 e. The van der Waals surface area contributed by atoms with E-state index in [0.717, 1.165) is 18.0 Å². The number of hydrogen-bond donors (Lipinski definition) is 1. The van der Waals surface area contributed by atoms with Gasteiger partial charge in [-0.3, -0.25) is 4.90 Å². The van der Waals surface area contributed by atoms with Crippen molar-refractivity contribution in [3.05, 3.63) is 0 Å². The van der Waals surface area contributed by atoms with Gasteiger partial charge in [-0.25, -0.2) is 0 Å². The number of piperazine rings is 1. The zero-order valence-electron chi connectivity index (χ0n) is 13.0. The fraction of sp³-hybridized carbons (Fsp3) is 1.00. The highest BCUT2D eigenvalue weighted by molar-refractivity contribution is 5.00. The lowest BCUT2D eigenvalue weighted by Crippen LogP contribution is -2.66. The monoisotopic (exact) mass is 264 g/mol. The van der Waals surface area contributed by atoms with Crippen LogP contribution in [-0.4, -0.2) is 35.6 Å². The fourth-order valence-electron chi connectivity index (χ4n) is 4.67. The summed E-state index contributed by atoms with van der Waals surface area (Å²) in [5.41, 5.74) is 0.480. The van der Waals surface area contributed by atoms with E-state index >= 15 is 0 Å². The molecule has 3 fully saturated rings. The second kappa shape index (κ2) is 5.73. The lowest BCUT2D eigenvalue weighted by molar-refractivity contribution is 0.0144. The molecule has 0 aromatic carbocycles. The van der Waals surface area contributed by atoms with Gasteiger partial charge in [0.2, 0.25) is 0 Å². The predicted molar refractivity (Wildman–Crippen MR) is 81.4 cm³/mol. The van der Waals surface area contributed by atoms with E-state index in [-0.39, 0.29) is 0 Å². The van der Waals surface area contributed by atoms with Crippen molar-refractivity contribution in [3.8, 4) is 0 Å². The van der Waals surface area contributed by atoms with E-state index in [0.29, 0.717) is 5.54 Å². The maximum absolute atomic E-state index is 3.92. The zero-order chi connectivity index (χ0) is 13.3. The molecule has 0 radical (unpaired) electrons. The van der Waals surface area contributed by atoms with Crippen molar-refractivity contribution in [3.63, 3.8) is 0 Å². The fourth-order valence-corrected chi connectivity index (χ4v) is 4.67. The van der Waals surface area contributed by atoms with Gasteiger partial charge in [0.05, 0.1) is 0 Å². The second-order valence-electron chi connectivity index (χ2n) is 7.66. The van der Waals surface area contributed by atoms with Crippen LogP contribution < -0.4 is 5.32 Å². The molecule has 0 aromatic rings. The summed E-state index contributed by atoms with van der Waals surface area (Å²) in [6, 6.07) is 1.62. The highest BCUT2D eigenvalue weighted by Crippen LogP contribution is 2.35. The molecule has 2 aliphatic carbocycles. The molecule has 3 rings (SSSR count). The molecular weight excluding hydrogens is 232 g/mol. The molecule has 2 saturated carbocycles. The molecule has 19 heavy (non-hydrogen) atoms. The maximum atomic E-state index is 3.92. The van der Waals surface area contributed by atoms with Crippen LogP contribution in [0.2, 0.25) is 0 Å². The molecule has 3 aliphatic rings. The van der Waals surface area contributed by atoms with Crippen LogP contribution in [0.25, 0.3) is 0 Å². The van der Waals surface area contributed by atoms with Gasteiger partial charge < -0.3 is 5.32 Å². The molecule has 0 aromatic heterocycles. The van der Waals surface area contributed by atoms with E-state index in [1.165, 1.54) is 70.9 Å². The number of nitrogens with one attached hydrogen (secondary N) is 1. The summed E-state index contributed by atoms with van der Waals surface area (Å²) in [4.78, 5) is 2.88. The minimum absolute atomic E-state index is 0.480. The van der Waals surface area contributed by atoms with Crippen molar-refractivity contribution < 1.29 is 0 Å². The summed E-state index contributed by atoms with van der Waals surface area (Å²) < 4.78 is 0. The van der Waals surface area contributed by atoms with Crippen molar-refractivity contribution in [1.82, 2.24) is 10.2 Å². The first-order valence-corrected chi connectivity index (χ1v) is 8.69. The van der Waals surface area contributed by atoms with Crippen molar-refractivity contribution in [2.24, 2.45) is 5.92 Å². The first-order chi connectivity index (χ1) is 9.19. The minimum Gasteiger partial charge on any atom is -0.308 e. The van der Waals surface area contributed by atoms with Gasteiger partial charge in [-0.05, 0) is 51.4 Å². The third-order valence-corrected chi connectivity index (χ3v) is 6.09. The normalized spacial score (nSPS) is 40.4. The number of nitrogens with zero attached hydrogens (tertiary/aromatic N) is 1. The SMILES string of the molecule is CC1CCC(N2CC3(CCCCC3)NCC2C)CC1. The standard InChI is InChI=1S/C17H32N2/c1-14-6-8-16(9-7-14)19-13-17(18-12-15(19)2)10-4-3-5-11-17/h14-16,18H,3-13H2,1-2H3. The van der Waals surface area contributed by atoms with Crippen molar-refractivity contribution in [2.45, 2.75) is 89.3 Å². The zero-order valence-corrected chi connectivity index (χ0v) is 13.0. The van der Waals surface area contributed by atoms with E-state index < -0.39 is 0 Å². The Morgan fingerprint density at radius 3 is 2.32 bits per heavy atom. The van der Waals surface area contributed by atoms with Gasteiger partial charge in [0, 0.05) is 30.7 Å². The van der Waals surface area contributed by atoms with Crippen LogP contribution in [0.4, 0.5) is 0 Å². The Bertz CT molecular complexity index is 288. The minimum atomic E-state index is 0.480. The molecule has 1 N–H and O–H groups in total. The molecule has 1 heterocycles.